The molecule has 3 atom stereocenters. The van der Waals surface area contributed by atoms with Crippen molar-refractivity contribution < 1.29 is 14.3 Å². The van der Waals surface area contributed by atoms with E-state index in [-0.39, 0.29) is 23.4 Å². The Morgan fingerprint density at radius 1 is 1.33 bits per heavy atom. The first-order valence-electron chi connectivity index (χ1n) is 7.76. The van der Waals surface area contributed by atoms with Gasteiger partial charge < -0.3 is 9.47 Å². The molecule has 3 aliphatic rings. The number of ether oxygens (including phenoxy) is 2. The number of carbonyl (C=O) groups excluding carboxylic acids is 1. The molecule has 2 fully saturated rings. The zero-order valence-electron chi connectivity index (χ0n) is 12.0. The largest absolute Gasteiger partial charge is 0.482 e. The van der Waals surface area contributed by atoms with E-state index in [4.69, 9.17) is 9.47 Å². The fraction of sp³-hybridized carbons (Fsp3) is 0.588. The second kappa shape index (κ2) is 5.33. The van der Waals surface area contributed by atoms with Gasteiger partial charge in [0.15, 0.2) is 11.9 Å². The van der Waals surface area contributed by atoms with Gasteiger partial charge in [-0.1, -0.05) is 18.2 Å². The van der Waals surface area contributed by atoms with Crippen molar-refractivity contribution in [3.63, 3.8) is 0 Å². The van der Waals surface area contributed by atoms with E-state index < -0.39 is 0 Å². The predicted molar refractivity (Wildman–Crippen MR) is 82.9 cm³/mol. The number of rotatable bonds is 2. The smallest absolute Gasteiger partial charge is 0.176 e. The first-order chi connectivity index (χ1) is 10.3. The number of ketones is 1. The molecule has 0 saturated carbocycles. The molecular weight excluding hydrogens is 284 g/mol. The maximum Gasteiger partial charge on any atom is 0.176 e. The molecule has 4 rings (SSSR count). The maximum atomic E-state index is 12.8. The van der Waals surface area contributed by atoms with E-state index in [2.05, 4.69) is 6.07 Å². The highest BCUT2D eigenvalue weighted by Gasteiger charge is 2.44. The molecule has 1 spiro atoms. The number of hydrogen-bond acceptors (Lipinski definition) is 4. The summed E-state index contributed by atoms with van der Waals surface area (Å²) in [5.74, 6) is 3.48. The first kappa shape index (κ1) is 13.6. The Hall–Kier alpha value is -1.00. The van der Waals surface area contributed by atoms with Gasteiger partial charge in [0.05, 0.1) is 5.60 Å². The highest BCUT2D eigenvalue weighted by molar-refractivity contribution is 7.99. The van der Waals surface area contributed by atoms with Crippen LogP contribution in [-0.4, -0.2) is 35.6 Å². The Labute approximate surface area is 129 Å². The Morgan fingerprint density at radius 3 is 3.05 bits per heavy atom. The summed E-state index contributed by atoms with van der Waals surface area (Å²) >= 11 is 1.95. The summed E-state index contributed by atoms with van der Waals surface area (Å²) in [6.45, 7) is 0.719. The Morgan fingerprint density at radius 2 is 2.24 bits per heavy atom. The van der Waals surface area contributed by atoms with Crippen molar-refractivity contribution in [3.05, 3.63) is 29.8 Å². The highest BCUT2D eigenvalue weighted by atomic mass is 32.2. The zero-order valence-corrected chi connectivity index (χ0v) is 12.9. The van der Waals surface area contributed by atoms with Crippen molar-refractivity contribution in [2.45, 2.75) is 37.4 Å². The molecular formula is C17H20O3S. The number of fused-ring (bicyclic) bond motifs is 1. The van der Waals surface area contributed by atoms with Crippen LogP contribution in [0.2, 0.25) is 0 Å². The third-order valence-corrected chi connectivity index (χ3v) is 6.15. The fourth-order valence-corrected chi connectivity index (χ4v) is 5.12. The van der Waals surface area contributed by atoms with E-state index in [9.17, 15) is 4.79 Å². The van der Waals surface area contributed by atoms with Crippen LogP contribution in [0.5, 0.6) is 5.75 Å². The van der Waals surface area contributed by atoms with Gasteiger partial charge in [0.1, 0.15) is 5.75 Å². The quantitative estimate of drug-likeness (QED) is 0.841. The van der Waals surface area contributed by atoms with E-state index in [1.807, 2.05) is 30.0 Å². The molecule has 0 bridgehead atoms. The van der Waals surface area contributed by atoms with Gasteiger partial charge in [0, 0.05) is 24.7 Å². The van der Waals surface area contributed by atoms with Gasteiger partial charge in [-0.15, -0.1) is 0 Å². The summed E-state index contributed by atoms with van der Waals surface area (Å²) < 4.78 is 11.9. The predicted octanol–water partition coefficient (Wildman–Crippen LogP) is 2.86. The molecule has 3 nitrogen and oxygen atoms in total. The molecule has 21 heavy (non-hydrogen) atoms. The molecule has 1 aromatic rings. The van der Waals surface area contributed by atoms with Crippen molar-refractivity contribution in [2.75, 3.05) is 18.1 Å². The van der Waals surface area contributed by atoms with Crippen molar-refractivity contribution in [1.82, 2.24) is 0 Å². The number of benzene rings is 1. The molecule has 0 aliphatic carbocycles. The van der Waals surface area contributed by atoms with Crippen molar-refractivity contribution in [3.8, 4) is 5.75 Å². The van der Waals surface area contributed by atoms with Gasteiger partial charge in [-0.2, -0.15) is 11.8 Å². The molecule has 0 N–H and O–H groups in total. The van der Waals surface area contributed by atoms with Gasteiger partial charge in [-0.05, 0) is 36.6 Å². The summed E-state index contributed by atoms with van der Waals surface area (Å²) in [5, 5.41) is 0. The SMILES string of the molecule is O=C(C1CCOC2(CCSC2)C1)C1Cc2ccccc2O1. The number of para-hydroxylation sites is 1. The van der Waals surface area contributed by atoms with E-state index in [0.29, 0.717) is 0 Å². The minimum Gasteiger partial charge on any atom is -0.482 e. The van der Waals surface area contributed by atoms with Gasteiger partial charge in [0.25, 0.3) is 0 Å². The average molecular weight is 304 g/mol. The Balaban J connectivity index is 1.46. The number of Topliss-reactive ketones (excluding diaryl/α,β-unsaturated/α-hetero) is 1. The van der Waals surface area contributed by atoms with Gasteiger partial charge in [-0.25, -0.2) is 0 Å². The zero-order chi connectivity index (χ0) is 14.3. The second-order valence-electron chi connectivity index (χ2n) is 6.34. The minimum atomic E-state index is -0.281. The van der Waals surface area contributed by atoms with Crippen LogP contribution < -0.4 is 4.74 Å². The van der Waals surface area contributed by atoms with Crippen LogP contribution in [0, 0.1) is 5.92 Å². The molecule has 0 radical (unpaired) electrons. The monoisotopic (exact) mass is 304 g/mol. The lowest BCUT2D eigenvalue weighted by atomic mass is 9.81. The van der Waals surface area contributed by atoms with Crippen LogP contribution in [0.4, 0.5) is 0 Å². The van der Waals surface area contributed by atoms with Crippen molar-refractivity contribution >= 4 is 17.5 Å². The van der Waals surface area contributed by atoms with Crippen molar-refractivity contribution in [1.29, 1.82) is 0 Å². The van der Waals surface area contributed by atoms with E-state index in [0.717, 1.165) is 55.1 Å². The Kier molecular flexibility index (Phi) is 3.46. The van der Waals surface area contributed by atoms with Crippen LogP contribution in [0.25, 0.3) is 0 Å². The van der Waals surface area contributed by atoms with Crippen LogP contribution in [0.1, 0.15) is 24.8 Å². The van der Waals surface area contributed by atoms with E-state index in [1.165, 1.54) is 0 Å². The molecule has 4 heteroatoms. The van der Waals surface area contributed by atoms with Gasteiger partial charge >= 0.3 is 0 Å². The summed E-state index contributed by atoms with van der Waals surface area (Å²) in [7, 11) is 0. The molecule has 3 heterocycles. The van der Waals surface area contributed by atoms with Crippen LogP contribution in [0.15, 0.2) is 24.3 Å². The van der Waals surface area contributed by atoms with Crippen LogP contribution in [-0.2, 0) is 16.0 Å². The molecule has 112 valence electrons. The maximum absolute atomic E-state index is 12.8. The highest BCUT2D eigenvalue weighted by Crippen LogP contribution is 2.41. The van der Waals surface area contributed by atoms with Gasteiger partial charge in [-0.3, -0.25) is 4.79 Å². The standard InChI is InChI=1S/C17H20O3S/c18-16(15-9-12-3-1-2-4-14(12)20-15)13-5-7-19-17(10-13)6-8-21-11-17/h1-4,13,15H,5-11H2. The summed E-state index contributed by atoms with van der Waals surface area (Å²) in [4.78, 5) is 12.8. The molecule has 3 aliphatic heterocycles. The van der Waals surface area contributed by atoms with Crippen LogP contribution in [0.3, 0.4) is 0 Å². The molecule has 3 unspecified atom stereocenters. The number of hydrogen-bond donors (Lipinski definition) is 0. The lowest BCUT2D eigenvalue weighted by Crippen LogP contribution is -2.45. The fourth-order valence-electron chi connectivity index (χ4n) is 3.74. The molecule has 1 aromatic carbocycles. The lowest BCUT2D eigenvalue weighted by Gasteiger charge is -2.37. The normalized spacial score (nSPS) is 34.7. The number of carbonyl (C=O) groups is 1. The average Bonchev–Trinajstić information content (AvgIpc) is 3.13. The summed E-state index contributed by atoms with van der Waals surface area (Å²) in [5.41, 5.74) is 1.13. The second-order valence-corrected chi connectivity index (χ2v) is 7.45. The first-order valence-corrected chi connectivity index (χ1v) is 8.91. The molecule has 0 amide bonds. The summed E-state index contributed by atoms with van der Waals surface area (Å²) in [6.07, 6.45) is 3.27. The van der Waals surface area contributed by atoms with Gasteiger partial charge in [0.2, 0.25) is 0 Å². The molecule has 2 saturated heterocycles. The third-order valence-electron chi connectivity index (χ3n) is 4.93. The van der Waals surface area contributed by atoms with Crippen molar-refractivity contribution in [2.24, 2.45) is 5.92 Å². The third kappa shape index (κ3) is 2.49. The van der Waals surface area contributed by atoms with Crippen LogP contribution >= 0.6 is 11.8 Å². The summed E-state index contributed by atoms with van der Waals surface area (Å²) in [6, 6.07) is 7.99. The Bertz CT molecular complexity index is 526. The lowest BCUT2D eigenvalue weighted by molar-refractivity contribution is -0.139. The minimum absolute atomic E-state index is 0.0330. The topological polar surface area (TPSA) is 35.5 Å². The molecule has 0 aromatic heterocycles. The van der Waals surface area contributed by atoms with E-state index >= 15 is 0 Å². The van der Waals surface area contributed by atoms with E-state index in [1.54, 1.807) is 0 Å². The number of thioether (sulfide) groups is 1.